The van der Waals surface area contributed by atoms with E-state index in [0.29, 0.717) is 12.1 Å². The number of aliphatic hydroxyl groups excluding tert-OH is 1. The maximum atomic E-state index is 10.9. The summed E-state index contributed by atoms with van der Waals surface area (Å²) in [7, 11) is 1.74. The highest BCUT2D eigenvalue weighted by atomic mass is 35.5. The van der Waals surface area contributed by atoms with E-state index in [1.54, 1.807) is 11.9 Å². The van der Waals surface area contributed by atoms with Crippen LogP contribution in [0.25, 0.3) is 0 Å². The lowest BCUT2D eigenvalue weighted by Crippen LogP contribution is -2.45. The Kier molecular flexibility index (Phi) is 3.83. The van der Waals surface area contributed by atoms with Gasteiger partial charge in [-0.05, 0) is 13.8 Å². The van der Waals surface area contributed by atoms with Gasteiger partial charge in [-0.2, -0.15) is 0 Å². The highest BCUT2D eigenvalue weighted by Gasteiger charge is 2.26. The molecule has 0 radical (unpaired) electrons. The summed E-state index contributed by atoms with van der Waals surface area (Å²) in [5, 5.41) is 9.36. The number of carbonyl (C=O) groups is 1. The summed E-state index contributed by atoms with van der Waals surface area (Å²) in [6.07, 6.45) is 1.90. The summed E-state index contributed by atoms with van der Waals surface area (Å²) in [6.45, 7) is 3.60. The van der Waals surface area contributed by atoms with Crippen molar-refractivity contribution in [1.29, 1.82) is 0 Å². The standard InChI is InChI=1S/C10H14ClN3O2/c1-10(2,5-16)14(3)9-7(4-15)8(11)12-6-13-9/h4,6,16H,5H2,1-3H3. The molecule has 0 saturated heterocycles. The molecule has 0 aliphatic carbocycles. The minimum atomic E-state index is -0.532. The van der Waals surface area contributed by atoms with E-state index in [2.05, 4.69) is 9.97 Å². The van der Waals surface area contributed by atoms with Crippen LogP contribution in [0.5, 0.6) is 0 Å². The van der Waals surface area contributed by atoms with Crippen LogP contribution in [-0.4, -0.2) is 40.6 Å². The number of carbonyl (C=O) groups excluding carboxylic acids is 1. The Morgan fingerprint density at radius 3 is 2.69 bits per heavy atom. The molecule has 88 valence electrons. The summed E-state index contributed by atoms with van der Waals surface area (Å²) in [6, 6.07) is 0. The van der Waals surface area contributed by atoms with E-state index in [-0.39, 0.29) is 17.3 Å². The molecule has 1 aromatic heterocycles. The number of nitrogens with zero attached hydrogens (tertiary/aromatic N) is 3. The molecule has 0 fully saturated rings. The van der Waals surface area contributed by atoms with Crippen LogP contribution in [-0.2, 0) is 0 Å². The molecule has 6 heteroatoms. The van der Waals surface area contributed by atoms with Gasteiger partial charge in [0.15, 0.2) is 6.29 Å². The molecular weight excluding hydrogens is 230 g/mol. The molecule has 0 spiro atoms. The van der Waals surface area contributed by atoms with E-state index in [1.807, 2.05) is 13.8 Å². The van der Waals surface area contributed by atoms with Gasteiger partial charge >= 0.3 is 0 Å². The molecule has 0 bridgehead atoms. The molecular formula is C10H14ClN3O2. The maximum absolute atomic E-state index is 10.9. The number of aliphatic hydroxyl groups is 1. The van der Waals surface area contributed by atoms with E-state index < -0.39 is 5.54 Å². The molecule has 16 heavy (non-hydrogen) atoms. The maximum Gasteiger partial charge on any atom is 0.156 e. The van der Waals surface area contributed by atoms with Crippen LogP contribution in [0.15, 0.2) is 6.33 Å². The number of hydrogen-bond acceptors (Lipinski definition) is 5. The van der Waals surface area contributed by atoms with Crippen molar-refractivity contribution in [2.24, 2.45) is 0 Å². The number of aromatic nitrogens is 2. The Morgan fingerprint density at radius 1 is 1.56 bits per heavy atom. The van der Waals surface area contributed by atoms with Gasteiger partial charge in [0.25, 0.3) is 0 Å². The molecule has 1 aromatic rings. The van der Waals surface area contributed by atoms with E-state index in [4.69, 9.17) is 11.6 Å². The fraction of sp³-hybridized carbons (Fsp3) is 0.500. The van der Waals surface area contributed by atoms with E-state index in [0.717, 1.165) is 0 Å². The lowest BCUT2D eigenvalue weighted by Gasteiger charge is -2.35. The lowest BCUT2D eigenvalue weighted by atomic mass is 10.0. The van der Waals surface area contributed by atoms with Crippen LogP contribution in [0, 0.1) is 0 Å². The molecule has 0 aromatic carbocycles. The largest absolute Gasteiger partial charge is 0.394 e. The number of hydrogen-bond donors (Lipinski definition) is 1. The number of halogens is 1. The van der Waals surface area contributed by atoms with Crippen molar-refractivity contribution in [3.63, 3.8) is 0 Å². The Morgan fingerprint density at radius 2 is 2.19 bits per heavy atom. The second-order valence-electron chi connectivity index (χ2n) is 4.05. The second kappa shape index (κ2) is 4.76. The summed E-state index contributed by atoms with van der Waals surface area (Å²) in [5.41, 5.74) is -0.302. The van der Waals surface area contributed by atoms with Gasteiger partial charge in [0.05, 0.1) is 17.7 Å². The zero-order chi connectivity index (χ0) is 12.3. The molecule has 1 rings (SSSR count). The van der Waals surface area contributed by atoms with Crippen molar-refractivity contribution in [3.05, 3.63) is 17.0 Å². The van der Waals surface area contributed by atoms with Crippen LogP contribution in [0.3, 0.4) is 0 Å². The van der Waals surface area contributed by atoms with Crippen molar-refractivity contribution in [2.75, 3.05) is 18.6 Å². The minimum Gasteiger partial charge on any atom is -0.394 e. The first kappa shape index (κ1) is 12.9. The van der Waals surface area contributed by atoms with Gasteiger partial charge in [0, 0.05) is 7.05 Å². The van der Waals surface area contributed by atoms with Crippen LogP contribution >= 0.6 is 11.6 Å². The number of aldehydes is 1. The first-order valence-electron chi connectivity index (χ1n) is 4.74. The highest BCUT2D eigenvalue weighted by molar-refractivity contribution is 6.32. The Labute approximate surface area is 99.1 Å². The minimum absolute atomic E-state index is 0.0661. The average Bonchev–Trinajstić information content (AvgIpc) is 2.27. The van der Waals surface area contributed by atoms with Gasteiger partial charge in [0.1, 0.15) is 17.3 Å². The third kappa shape index (κ3) is 2.31. The molecule has 0 aliphatic rings. The first-order valence-corrected chi connectivity index (χ1v) is 5.12. The third-order valence-corrected chi connectivity index (χ3v) is 2.85. The topological polar surface area (TPSA) is 66.3 Å². The Bertz CT molecular complexity index is 396. The monoisotopic (exact) mass is 243 g/mol. The predicted octanol–water partition coefficient (Wildman–Crippen LogP) is 1.15. The van der Waals surface area contributed by atoms with Crippen molar-refractivity contribution < 1.29 is 9.90 Å². The molecule has 0 amide bonds. The third-order valence-electron chi connectivity index (χ3n) is 2.54. The smallest absolute Gasteiger partial charge is 0.156 e. The van der Waals surface area contributed by atoms with E-state index >= 15 is 0 Å². The Balaban J connectivity index is 3.23. The summed E-state index contributed by atoms with van der Waals surface area (Å²) >= 11 is 5.80. The quantitative estimate of drug-likeness (QED) is 0.635. The lowest BCUT2D eigenvalue weighted by molar-refractivity contribution is 0.112. The van der Waals surface area contributed by atoms with Gasteiger partial charge in [-0.25, -0.2) is 9.97 Å². The van der Waals surface area contributed by atoms with Gasteiger partial charge in [-0.15, -0.1) is 0 Å². The molecule has 0 aliphatic heterocycles. The SMILES string of the molecule is CN(c1ncnc(Cl)c1C=O)C(C)(C)CO. The van der Waals surface area contributed by atoms with E-state index in [9.17, 15) is 9.90 Å². The molecule has 0 saturated carbocycles. The predicted molar refractivity (Wildman–Crippen MR) is 62.0 cm³/mol. The van der Waals surface area contributed by atoms with Gasteiger partial charge < -0.3 is 10.0 Å². The fourth-order valence-electron chi connectivity index (χ4n) is 1.13. The summed E-state index contributed by atoms with van der Waals surface area (Å²) < 4.78 is 0. The van der Waals surface area contributed by atoms with Gasteiger partial charge in [-0.1, -0.05) is 11.6 Å². The van der Waals surface area contributed by atoms with Crippen molar-refractivity contribution in [3.8, 4) is 0 Å². The first-order chi connectivity index (χ1) is 7.44. The number of rotatable bonds is 4. The van der Waals surface area contributed by atoms with Crippen molar-refractivity contribution in [1.82, 2.24) is 9.97 Å². The summed E-state index contributed by atoms with van der Waals surface area (Å²) in [5.74, 6) is 0.411. The van der Waals surface area contributed by atoms with Gasteiger partial charge in [0.2, 0.25) is 0 Å². The molecule has 0 atom stereocenters. The van der Waals surface area contributed by atoms with Crippen LogP contribution < -0.4 is 4.90 Å². The number of likely N-dealkylation sites (N-methyl/N-ethyl adjacent to an activating group) is 1. The van der Waals surface area contributed by atoms with Crippen LogP contribution in [0.2, 0.25) is 5.15 Å². The van der Waals surface area contributed by atoms with E-state index in [1.165, 1.54) is 6.33 Å². The number of anilines is 1. The molecule has 1 heterocycles. The fourth-order valence-corrected chi connectivity index (χ4v) is 1.30. The van der Waals surface area contributed by atoms with Crippen molar-refractivity contribution in [2.45, 2.75) is 19.4 Å². The van der Waals surface area contributed by atoms with Crippen molar-refractivity contribution >= 4 is 23.7 Å². The molecule has 0 unspecified atom stereocenters. The van der Waals surface area contributed by atoms with Crippen LogP contribution in [0.1, 0.15) is 24.2 Å². The van der Waals surface area contributed by atoms with Crippen LogP contribution in [0.4, 0.5) is 5.82 Å². The highest BCUT2D eigenvalue weighted by Crippen LogP contribution is 2.25. The normalized spacial score (nSPS) is 11.3. The zero-order valence-electron chi connectivity index (χ0n) is 9.44. The zero-order valence-corrected chi connectivity index (χ0v) is 10.2. The Hall–Kier alpha value is -1.20. The summed E-state index contributed by atoms with van der Waals surface area (Å²) in [4.78, 5) is 20.4. The second-order valence-corrected chi connectivity index (χ2v) is 4.41. The molecule has 1 N–H and O–H groups in total. The molecule has 5 nitrogen and oxygen atoms in total. The van der Waals surface area contributed by atoms with Gasteiger partial charge in [-0.3, -0.25) is 4.79 Å². The average molecular weight is 244 g/mol.